The maximum absolute atomic E-state index is 12.8. The van der Waals surface area contributed by atoms with Gasteiger partial charge in [0, 0.05) is 5.56 Å². The molecule has 1 saturated heterocycles. The molecule has 0 aliphatic carbocycles. The smallest absolute Gasteiger partial charge is 0.275 e. The van der Waals surface area contributed by atoms with Crippen LogP contribution in [0.25, 0.3) is 0 Å². The Morgan fingerprint density at radius 3 is 2.39 bits per heavy atom. The van der Waals surface area contributed by atoms with Crippen molar-refractivity contribution in [1.82, 2.24) is 9.62 Å². The van der Waals surface area contributed by atoms with E-state index in [2.05, 4.69) is 5.32 Å². The Bertz CT molecular complexity index is 915. The Labute approximate surface area is 164 Å². The Morgan fingerprint density at radius 2 is 1.82 bits per heavy atom. The van der Waals surface area contributed by atoms with Gasteiger partial charge in [0.25, 0.3) is 5.91 Å². The minimum Gasteiger partial charge on any atom is -0.467 e. The van der Waals surface area contributed by atoms with Crippen LogP contribution in [0.2, 0.25) is 0 Å². The van der Waals surface area contributed by atoms with E-state index in [9.17, 15) is 18.0 Å². The molecule has 2 heterocycles. The largest absolute Gasteiger partial charge is 0.467 e. The third-order valence-electron chi connectivity index (χ3n) is 4.78. The first-order chi connectivity index (χ1) is 13.4. The molecular formula is C19H24N3O5S+. The number of piperazine rings is 1. The molecule has 1 aromatic carbocycles. The Hall–Kier alpha value is -2.49. The maximum Gasteiger partial charge on any atom is 0.275 e. The summed E-state index contributed by atoms with van der Waals surface area (Å²) in [6.07, 6.45) is 1.56. The average molecular weight is 406 g/mol. The monoisotopic (exact) mass is 406 g/mol. The molecule has 1 amide bonds. The number of amides is 1. The Morgan fingerprint density at radius 1 is 1.14 bits per heavy atom. The molecule has 1 aromatic heterocycles. The fraction of sp³-hybridized carbons (Fsp3) is 0.368. The molecule has 0 bridgehead atoms. The van der Waals surface area contributed by atoms with Gasteiger partial charge in [0.1, 0.15) is 5.76 Å². The van der Waals surface area contributed by atoms with Crippen LogP contribution in [0, 0.1) is 0 Å². The first-order valence-corrected chi connectivity index (χ1v) is 10.5. The van der Waals surface area contributed by atoms with Gasteiger partial charge in [-0.25, -0.2) is 8.42 Å². The zero-order valence-corrected chi connectivity index (χ0v) is 16.5. The van der Waals surface area contributed by atoms with Gasteiger partial charge in [-0.15, -0.1) is 0 Å². The number of nitrogens with zero attached hydrogens (tertiary/aromatic N) is 1. The molecule has 150 valence electrons. The lowest BCUT2D eigenvalue weighted by atomic mass is 10.2. The third-order valence-corrected chi connectivity index (χ3v) is 6.69. The zero-order chi connectivity index (χ0) is 20.1. The molecule has 0 spiro atoms. The summed E-state index contributed by atoms with van der Waals surface area (Å²) < 4.78 is 32.2. The number of Topliss-reactive ketones (excluding diaryl/α,β-unsaturated/α-hetero) is 1. The quantitative estimate of drug-likeness (QED) is 0.614. The molecular weight excluding hydrogens is 382 g/mol. The molecule has 2 N–H and O–H groups in total. The van der Waals surface area contributed by atoms with E-state index in [-0.39, 0.29) is 16.6 Å². The van der Waals surface area contributed by atoms with Gasteiger partial charge in [0.05, 0.1) is 43.9 Å². The maximum atomic E-state index is 12.8. The van der Waals surface area contributed by atoms with Crippen molar-refractivity contribution in [3.05, 3.63) is 54.0 Å². The van der Waals surface area contributed by atoms with Crippen LogP contribution in [0.4, 0.5) is 0 Å². The number of ketones is 1. The van der Waals surface area contributed by atoms with Crippen LogP contribution in [0.5, 0.6) is 0 Å². The predicted octanol–water partition coefficient (Wildman–Crippen LogP) is -0.312. The van der Waals surface area contributed by atoms with Crippen molar-refractivity contribution in [3.8, 4) is 0 Å². The number of rotatable bonds is 7. The molecule has 0 unspecified atom stereocenters. The highest BCUT2D eigenvalue weighted by molar-refractivity contribution is 7.89. The molecule has 8 nitrogen and oxygen atoms in total. The fourth-order valence-corrected chi connectivity index (χ4v) is 4.56. The lowest BCUT2D eigenvalue weighted by Crippen LogP contribution is -3.15. The average Bonchev–Trinajstić information content (AvgIpc) is 3.20. The zero-order valence-electron chi connectivity index (χ0n) is 15.7. The molecule has 28 heavy (non-hydrogen) atoms. The van der Waals surface area contributed by atoms with Crippen molar-refractivity contribution in [2.75, 3.05) is 32.7 Å². The second-order valence-corrected chi connectivity index (χ2v) is 8.71. The molecule has 3 rings (SSSR count). The predicted molar refractivity (Wildman–Crippen MR) is 101 cm³/mol. The number of hydrogen-bond donors (Lipinski definition) is 2. The van der Waals surface area contributed by atoms with Crippen LogP contribution < -0.4 is 10.2 Å². The van der Waals surface area contributed by atoms with E-state index in [1.807, 2.05) is 0 Å². The van der Waals surface area contributed by atoms with Crippen LogP contribution in [-0.2, 0) is 21.4 Å². The number of nitrogens with one attached hydrogen (secondary N) is 2. The lowest BCUT2D eigenvalue weighted by molar-refractivity contribution is -0.895. The molecule has 0 atom stereocenters. The Balaban J connectivity index is 1.51. The van der Waals surface area contributed by atoms with Crippen LogP contribution in [-0.4, -0.2) is 57.1 Å². The van der Waals surface area contributed by atoms with E-state index in [4.69, 9.17) is 4.42 Å². The SMILES string of the molecule is CC(=O)c1ccc(S(=O)(=O)N2CC[NH+](CC(=O)NCc3ccco3)CC2)cc1. The summed E-state index contributed by atoms with van der Waals surface area (Å²) in [4.78, 5) is 24.6. The van der Waals surface area contributed by atoms with E-state index >= 15 is 0 Å². The summed E-state index contributed by atoms with van der Waals surface area (Å²) in [6.45, 7) is 3.88. The third kappa shape index (κ3) is 4.86. The Kier molecular flexibility index (Phi) is 6.28. The number of furan rings is 1. The van der Waals surface area contributed by atoms with E-state index in [0.29, 0.717) is 50.6 Å². The van der Waals surface area contributed by atoms with Gasteiger partial charge in [-0.05, 0) is 31.2 Å². The number of sulfonamides is 1. The number of carbonyl (C=O) groups excluding carboxylic acids is 2. The van der Waals surface area contributed by atoms with Crippen LogP contribution >= 0.6 is 0 Å². The van der Waals surface area contributed by atoms with Gasteiger partial charge in [-0.1, -0.05) is 12.1 Å². The number of hydrogen-bond acceptors (Lipinski definition) is 5. The van der Waals surface area contributed by atoms with Crippen molar-refractivity contribution >= 4 is 21.7 Å². The van der Waals surface area contributed by atoms with Gasteiger partial charge in [0.15, 0.2) is 12.3 Å². The molecule has 0 radical (unpaired) electrons. The number of carbonyl (C=O) groups is 2. The molecule has 1 aliphatic heterocycles. The first kappa shape index (κ1) is 20.2. The van der Waals surface area contributed by atoms with Crippen molar-refractivity contribution < 1.29 is 27.3 Å². The summed E-state index contributed by atoms with van der Waals surface area (Å²) in [5, 5.41) is 2.80. The van der Waals surface area contributed by atoms with Gasteiger partial charge >= 0.3 is 0 Å². The topological polar surface area (TPSA) is 101 Å². The summed E-state index contributed by atoms with van der Waals surface area (Å²) >= 11 is 0. The number of benzene rings is 1. The van der Waals surface area contributed by atoms with Crippen LogP contribution in [0.15, 0.2) is 52.0 Å². The lowest BCUT2D eigenvalue weighted by Gasteiger charge is -2.31. The first-order valence-electron chi connectivity index (χ1n) is 9.10. The van der Waals surface area contributed by atoms with E-state index in [1.54, 1.807) is 18.4 Å². The second kappa shape index (κ2) is 8.68. The summed E-state index contributed by atoms with van der Waals surface area (Å²) in [6, 6.07) is 9.54. The van der Waals surface area contributed by atoms with Gasteiger partial charge in [-0.3, -0.25) is 9.59 Å². The normalized spacial score (nSPS) is 16.0. The van der Waals surface area contributed by atoms with E-state index in [1.165, 1.54) is 35.5 Å². The highest BCUT2D eigenvalue weighted by Gasteiger charge is 2.31. The summed E-state index contributed by atoms with van der Waals surface area (Å²) in [7, 11) is -3.60. The van der Waals surface area contributed by atoms with E-state index < -0.39 is 10.0 Å². The van der Waals surface area contributed by atoms with Crippen molar-refractivity contribution in [1.29, 1.82) is 0 Å². The highest BCUT2D eigenvalue weighted by Crippen LogP contribution is 2.16. The van der Waals surface area contributed by atoms with Crippen molar-refractivity contribution in [3.63, 3.8) is 0 Å². The fourth-order valence-electron chi connectivity index (χ4n) is 3.12. The minimum absolute atomic E-state index is 0.0949. The summed E-state index contributed by atoms with van der Waals surface area (Å²) in [5.74, 6) is 0.490. The van der Waals surface area contributed by atoms with Crippen molar-refractivity contribution in [2.45, 2.75) is 18.4 Å². The van der Waals surface area contributed by atoms with Gasteiger partial charge in [0.2, 0.25) is 10.0 Å². The molecule has 1 fully saturated rings. The highest BCUT2D eigenvalue weighted by atomic mass is 32.2. The molecule has 9 heteroatoms. The van der Waals surface area contributed by atoms with Gasteiger partial charge in [-0.2, -0.15) is 4.31 Å². The molecule has 2 aromatic rings. The minimum atomic E-state index is -3.60. The van der Waals surface area contributed by atoms with E-state index in [0.717, 1.165) is 4.90 Å². The summed E-state index contributed by atoms with van der Waals surface area (Å²) in [5.41, 5.74) is 0.480. The number of quaternary nitrogens is 1. The van der Waals surface area contributed by atoms with Crippen LogP contribution in [0.3, 0.4) is 0 Å². The van der Waals surface area contributed by atoms with Crippen LogP contribution in [0.1, 0.15) is 23.0 Å². The molecule has 0 saturated carbocycles. The standard InChI is InChI=1S/C19H23N3O5S/c1-15(23)16-4-6-18(7-5-16)28(25,26)22-10-8-21(9-11-22)14-19(24)20-13-17-3-2-12-27-17/h2-7,12H,8-11,13-14H2,1H3,(H,20,24)/p+1. The van der Waals surface area contributed by atoms with Crippen molar-refractivity contribution in [2.24, 2.45) is 0 Å². The molecule has 1 aliphatic rings. The second-order valence-electron chi connectivity index (χ2n) is 6.77. The van der Waals surface area contributed by atoms with Gasteiger partial charge < -0.3 is 14.6 Å².